The summed E-state index contributed by atoms with van der Waals surface area (Å²) in [7, 11) is 1.54. The third-order valence-electron chi connectivity index (χ3n) is 3.40. The Morgan fingerprint density at radius 1 is 1.31 bits per heavy atom. The molecule has 3 rings (SSSR count). The molecule has 2 aromatic carbocycles. The van der Waals surface area contributed by atoms with E-state index in [-0.39, 0.29) is 5.71 Å². The van der Waals surface area contributed by atoms with E-state index in [1.165, 1.54) is 4.80 Å². The molecule has 0 spiro atoms. The maximum Gasteiger partial charge on any atom is 0.201 e. The van der Waals surface area contributed by atoms with Crippen LogP contribution in [-0.4, -0.2) is 33.7 Å². The van der Waals surface area contributed by atoms with Gasteiger partial charge in [-0.1, -0.05) is 11.6 Å². The Hall–Kier alpha value is -3.64. The molecule has 26 heavy (non-hydrogen) atoms. The van der Waals surface area contributed by atoms with Crippen molar-refractivity contribution in [3.8, 4) is 17.5 Å². The highest BCUT2D eigenvalue weighted by Gasteiger charge is 2.09. The van der Waals surface area contributed by atoms with E-state index in [4.69, 9.17) is 32.7 Å². The standard InChI is InChI=1S/C16H13ClN8O/c1-26-15-5-3-10(7-11(15)17)25-23-12-4-2-9(6-13(12)24-25)21-22-14(8-18)16(19)20/h2-7,21H,1H3,(H3,19,20)/b22-14+. The van der Waals surface area contributed by atoms with Gasteiger partial charge in [-0.25, -0.2) is 0 Å². The molecule has 4 N–H and O–H groups in total. The van der Waals surface area contributed by atoms with Crippen LogP contribution < -0.4 is 15.9 Å². The average molecular weight is 369 g/mol. The number of hydrogen-bond donors (Lipinski definition) is 3. The van der Waals surface area contributed by atoms with Crippen LogP contribution in [0.1, 0.15) is 0 Å². The number of benzene rings is 2. The topological polar surface area (TPSA) is 138 Å². The number of nitrogens with two attached hydrogens (primary N) is 1. The van der Waals surface area contributed by atoms with Gasteiger partial charge < -0.3 is 10.5 Å². The van der Waals surface area contributed by atoms with Crippen molar-refractivity contribution in [3.05, 3.63) is 41.4 Å². The van der Waals surface area contributed by atoms with Crippen LogP contribution in [-0.2, 0) is 0 Å². The molecule has 130 valence electrons. The van der Waals surface area contributed by atoms with Crippen molar-refractivity contribution >= 4 is 39.9 Å². The zero-order chi connectivity index (χ0) is 18.7. The van der Waals surface area contributed by atoms with Crippen molar-refractivity contribution in [2.24, 2.45) is 10.8 Å². The molecule has 10 heteroatoms. The number of fused-ring (bicyclic) bond motifs is 1. The number of nitriles is 1. The second-order valence-corrected chi connectivity index (χ2v) is 5.52. The van der Waals surface area contributed by atoms with Gasteiger partial charge >= 0.3 is 0 Å². The zero-order valence-electron chi connectivity index (χ0n) is 13.6. The fourth-order valence-corrected chi connectivity index (χ4v) is 2.40. The van der Waals surface area contributed by atoms with Gasteiger partial charge in [0.15, 0.2) is 5.84 Å². The number of hydrazone groups is 1. The van der Waals surface area contributed by atoms with E-state index in [0.717, 1.165) is 0 Å². The zero-order valence-corrected chi connectivity index (χ0v) is 14.3. The first-order valence-corrected chi connectivity index (χ1v) is 7.69. The minimum Gasteiger partial charge on any atom is -0.495 e. The van der Waals surface area contributed by atoms with Gasteiger partial charge in [0.1, 0.15) is 22.9 Å². The van der Waals surface area contributed by atoms with Gasteiger partial charge in [-0.15, -0.1) is 10.2 Å². The van der Waals surface area contributed by atoms with Crippen molar-refractivity contribution in [1.29, 1.82) is 10.7 Å². The second-order valence-electron chi connectivity index (χ2n) is 5.11. The molecule has 3 aromatic rings. The number of hydrogen-bond acceptors (Lipinski definition) is 7. The highest BCUT2D eigenvalue weighted by molar-refractivity contribution is 6.45. The highest BCUT2D eigenvalue weighted by Crippen LogP contribution is 2.26. The molecule has 0 amide bonds. The summed E-state index contributed by atoms with van der Waals surface area (Å²) >= 11 is 6.14. The number of halogens is 1. The van der Waals surface area contributed by atoms with E-state index in [0.29, 0.717) is 33.2 Å². The molecule has 0 saturated heterocycles. The number of methoxy groups -OCH3 is 1. The third kappa shape index (κ3) is 3.40. The Labute approximate surface area is 153 Å². The molecular formula is C16H13ClN8O. The Kier molecular flexibility index (Phi) is 4.68. The van der Waals surface area contributed by atoms with Crippen molar-refractivity contribution in [1.82, 2.24) is 15.0 Å². The smallest absolute Gasteiger partial charge is 0.201 e. The lowest BCUT2D eigenvalue weighted by atomic mass is 10.3. The average Bonchev–Trinajstić information content (AvgIpc) is 3.05. The number of ether oxygens (including phenoxy) is 1. The van der Waals surface area contributed by atoms with Crippen LogP contribution in [0.2, 0.25) is 5.02 Å². The number of rotatable bonds is 5. The van der Waals surface area contributed by atoms with E-state index in [2.05, 4.69) is 20.7 Å². The van der Waals surface area contributed by atoms with Crippen LogP contribution in [0.4, 0.5) is 5.69 Å². The summed E-state index contributed by atoms with van der Waals surface area (Å²) in [6.45, 7) is 0. The molecule has 0 unspecified atom stereocenters. The summed E-state index contributed by atoms with van der Waals surface area (Å²) in [5.74, 6) is 0.152. The maximum absolute atomic E-state index is 8.85. The molecular weight excluding hydrogens is 356 g/mol. The quantitative estimate of drug-likeness (QED) is 0.359. The Balaban J connectivity index is 1.91. The molecule has 1 aromatic heterocycles. The second kappa shape index (κ2) is 7.08. The van der Waals surface area contributed by atoms with Crippen molar-refractivity contribution in [3.63, 3.8) is 0 Å². The lowest BCUT2D eigenvalue weighted by Gasteiger charge is -2.04. The van der Waals surface area contributed by atoms with Crippen LogP contribution in [0.5, 0.6) is 5.75 Å². The molecule has 0 radical (unpaired) electrons. The molecule has 0 aliphatic rings. The van der Waals surface area contributed by atoms with Gasteiger partial charge in [-0.2, -0.15) is 15.2 Å². The monoisotopic (exact) mass is 368 g/mol. The molecule has 0 fully saturated rings. The lowest BCUT2D eigenvalue weighted by molar-refractivity contribution is 0.415. The van der Waals surface area contributed by atoms with E-state index in [1.807, 2.05) is 0 Å². The third-order valence-corrected chi connectivity index (χ3v) is 3.70. The van der Waals surface area contributed by atoms with Gasteiger partial charge in [-0.05, 0) is 36.4 Å². The highest BCUT2D eigenvalue weighted by atomic mass is 35.5. The SMILES string of the molecule is COc1ccc(-n2nc3ccc(N/N=C(\C#N)C(=N)N)cc3n2)cc1Cl. The summed E-state index contributed by atoms with van der Waals surface area (Å²) in [6, 6.07) is 12.1. The fraction of sp³-hybridized carbons (Fsp3) is 0.0625. The van der Waals surface area contributed by atoms with Crippen LogP contribution >= 0.6 is 11.6 Å². The maximum atomic E-state index is 8.85. The van der Waals surface area contributed by atoms with E-state index in [9.17, 15) is 0 Å². The molecule has 0 atom stereocenters. The minimum absolute atomic E-state index is 0.207. The Morgan fingerprint density at radius 3 is 2.73 bits per heavy atom. The molecule has 1 heterocycles. The van der Waals surface area contributed by atoms with Gasteiger partial charge in [0, 0.05) is 0 Å². The predicted octanol–water partition coefficient (Wildman–Crippen LogP) is 2.31. The van der Waals surface area contributed by atoms with Crippen LogP contribution in [0, 0.1) is 16.7 Å². The number of nitrogens with one attached hydrogen (secondary N) is 2. The first-order valence-electron chi connectivity index (χ1n) is 7.31. The van der Waals surface area contributed by atoms with Crippen LogP contribution in [0.15, 0.2) is 41.5 Å². The van der Waals surface area contributed by atoms with Crippen molar-refractivity contribution in [2.75, 3.05) is 12.5 Å². The first kappa shape index (κ1) is 17.2. The summed E-state index contributed by atoms with van der Waals surface area (Å²) in [5.41, 5.74) is 10.2. The van der Waals surface area contributed by atoms with Crippen molar-refractivity contribution in [2.45, 2.75) is 0 Å². The molecule has 0 aliphatic heterocycles. The van der Waals surface area contributed by atoms with Gasteiger partial charge in [0.2, 0.25) is 5.71 Å². The number of anilines is 1. The van der Waals surface area contributed by atoms with Crippen LogP contribution in [0.25, 0.3) is 16.7 Å². The summed E-state index contributed by atoms with van der Waals surface area (Å²) < 4.78 is 5.13. The molecule has 9 nitrogen and oxygen atoms in total. The number of nitrogens with zero attached hydrogens (tertiary/aromatic N) is 5. The Bertz CT molecular complexity index is 1070. The summed E-state index contributed by atoms with van der Waals surface area (Å²) in [4.78, 5) is 1.46. The predicted molar refractivity (Wildman–Crippen MR) is 99.0 cm³/mol. The normalized spacial score (nSPS) is 11.2. The molecule has 0 aliphatic carbocycles. The van der Waals surface area contributed by atoms with Gasteiger partial charge in [-0.3, -0.25) is 10.8 Å². The first-order chi connectivity index (χ1) is 12.5. The van der Waals surface area contributed by atoms with Gasteiger partial charge in [0.25, 0.3) is 0 Å². The van der Waals surface area contributed by atoms with E-state index < -0.39 is 5.84 Å². The largest absolute Gasteiger partial charge is 0.495 e. The van der Waals surface area contributed by atoms with Gasteiger partial charge in [0.05, 0.1) is 23.5 Å². The number of amidine groups is 1. The Morgan fingerprint density at radius 2 is 2.08 bits per heavy atom. The molecule has 0 bridgehead atoms. The van der Waals surface area contributed by atoms with Crippen molar-refractivity contribution < 1.29 is 4.74 Å². The minimum atomic E-state index is -0.414. The van der Waals surface area contributed by atoms with Crippen LogP contribution in [0.3, 0.4) is 0 Å². The molecule has 0 saturated carbocycles. The fourth-order valence-electron chi connectivity index (χ4n) is 2.15. The summed E-state index contributed by atoms with van der Waals surface area (Å²) in [5, 5.41) is 29.1. The lowest BCUT2D eigenvalue weighted by Crippen LogP contribution is -2.21. The number of aromatic nitrogens is 3. The van der Waals surface area contributed by atoms with E-state index >= 15 is 0 Å². The van der Waals surface area contributed by atoms with E-state index in [1.54, 1.807) is 49.6 Å². The summed E-state index contributed by atoms with van der Waals surface area (Å²) in [6.07, 6.45) is 0.